The Balaban J connectivity index is 2.19. The third-order valence-electron chi connectivity index (χ3n) is 2.38. The number of fused-ring (bicyclic) bond motifs is 1. The van der Waals surface area contributed by atoms with E-state index in [1.54, 1.807) is 23.6 Å². The van der Waals surface area contributed by atoms with Crippen LogP contribution in [0.2, 0.25) is 5.15 Å². The van der Waals surface area contributed by atoms with Crippen molar-refractivity contribution in [3.63, 3.8) is 0 Å². The van der Waals surface area contributed by atoms with Crippen molar-refractivity contribution in [2.24, 2.45) is 0 Å². The molecule has 0 amide bonds. The molecule has 0 saturated carbocycles. The lowest BCUT2D eigenvalue weighted by Crippen LogP contribution is -1.92. The van der Waals surface area contributed by atoms with Crippen molar-refractivity contribution in [1.29, 1.82) is 0 Å². The molecule has 3 aromatic heterocycles. The smallest absolute Gasteiger partial charge is 0.162 e. The Morgan fingerprint density at radius 2 is 2.12 bits per heavy atom. The minimum atomic E-state index is 0.457. The second-order valence-electron chi connectivity index (χ2n) is 3.68. The van der Waals surface area contributed by atoms with Gasteiger partial charge in [-0.15, -0.1) is 11.3 Å². The predicted octanol–water partition coefficient (Wildman–Crippen LogP) is 3.72. The Kier molecular flexibility index (Phi) is 2.53. The molecule has 0 spiro atoms. The Labute approximate surface area is 107 Å². The van der Waals surface area contributed by atoms with Gasteiger partial charge in [0, 0.05) is 17.5 Å². The number of hydrogen-bond acceptors (Lipinski definition) is 4. The molecule has 0 saturated heterocycles. The van der Waals surface area contributed by atoms with Crippen molar-refractivity contribution in [2.75, 3.05) is 0 Å². The molecule has 3 rings (SSSR count). The Bertz CT molecular complexity index is 673. The lowest BCUT2D eigenvalue weighted by atomic mass is 10.2. The average Bonchev–Trinajstić information content (AvgIpc) is 2.74. The summed E-state index contributed by atoms with van der Waals surface area (Å²) in [7, 11) is 0. The Morgan fingerprint density at radius 1 is 1.24 bits per heavy atom. The third-order valence-corrected chi connectivity index (χ3v) is 3.43. The summed E-state index contributed by atoms with van der Waals surface area (Å²) in [5.74, 6) is 0.623. The van der Waals surface area contributed by atoms with Crippen LogP contribution in [0.25, 0.3) is 21.6 Å². The van der Waals surface area contributed by atoms with Crippen LogP contribution in [0.3, 0.4) is 0 Å². The van der Waals surface area contributed by atoms with Crippen molar-refractivity contribution in [3.8, 4) is 11.4 Å². The van der Waals surface area contributed by atoms with Crippen molar-refractivity contribution in [2.45, 2.75) is 6.92 Å². The number of aromatic nitrogens is 3. The quantitative estimate of drug-likeness (QED) is 0.627. The fourth-order valence-electron chi connectivity index (χ4n) is 1.63. The van der Waals surface area contributed by atoms with E-state index >= 15 is 0 Å². The predicted molar refractivity (Wildman–Crippen MR) is 70.4 cm³/mol. The lowest BCUT2D eigenvalue weighted by Gasteiger charge is -2.02. The van der Waals surface area contributed by atoms with E-state index in [1.807, 2.05) is 24.4 Å². The zero-order valence-corrected chi connectivity index (χ0v) is 10.6. The third kappa shape index (κ3) is 2.01. The van der Waals surface area contributed by atoms with Crippen LogP contribution >= 0.6 is 22.9 Å². The fraction of sp³-hybridized carbons (Fsp3) is 0.0833. The first-order valence-electron chi connectivity index (χ1n) is 5.07. The monoisotopic (exact) mass is 261 g/mol. The van der Waals surface area contributed by atoms with E-state index in [0.29, 0.717) is 11.0 Å². The van der Waals surface area contributed by atoms with Crippen LogP contribution in [0.1, 0.15) is 5.69 Å². The Hall–Kier alpha value is -1.52. The minimum absolute atomic E-state index is 0.457. The minimum Gasteiger partial charge on any atom is -0.255 e. The standard InChI is InChI=1S/C12H8ClN3S/c1-7-4-11(13)16-12(15-7)8-5-10-9(14-6-8)2-3-17-10/h2-6H,1H3. The number of thiophene rings is 1. The number of hydrogen-bond donors (Lipinski definition) is 0. The van der Waals surface area contributed by atoms with Crippen LogP contribution in [-0.4, -0.2) is 15.0 Å². The highest BCUT2D eigenvalue weighted by molar-refractivity contribution is 7.17. The van der Waals surface area contributed by atoms with E-state index < -0.39 is 0 Å². The van der Waals surface area contributed by atoms with Gasteiger partial charge in [0.1, 0.15) is 5.15 Å². The molecule has 0 aliphatic carbocycles. The number of pyridine rings is 1. The molecule has 0 radical (unpaired) electrons. The van der Waals surface area contributed by atoms with Crippen LogP contribution in [0, 0.1) is 6.92 Å². The molecule has 0 aliphatic rings. The maximum absolute atomic E-state index is 5.93. The first kappa shape index (κ1) is 10.6. The maximum atomic E-state index is 5.93. The average molecular weight is 262 g/mol. The zero-order valence-electron chi connectivity index (χ0n) is 9.01. The summed E-state index contributed by atoms with van der Waals surface area (Å²) in [4.78, 5) is 12.9. The Morgan fingerprint density at radius 3 is 2.94 bits per heavy atom. The summed E-state index contributed by atoms with van der Waals surface area (Å²) in [6.07, 6.45) is 1.78. The van der Waals surface area contributed by atoms with Gasteiger partial charge in [0.2, 0.25) is 0 Å². The van der Waals surface area contributed by atoms with Crippen LogP contribution < -0.4 is 0 Å². The summed E-state index contributed by atoms with van der Waals surface area (Å²) >= 11 is 7.58. The molecule has 0 unspecified atom stereocenters. The van der Waals surface area contributed by atoms with E-state index in [0.717, 1.165) is 21.5 Å². The summed E-state index contributed by atoms with van der Waals surface area (Å²) in [5.41, 5.74) is 2.74. The molecule has 3 heterocycles. The molecule has 0 aliphatic heterocycles. The summed E-state index contributed by atoms with van der Waals surface area (Å²) in [6.45, 7) is 1.90. The van der Waals surface area contributed by atoms with Crippen molar-refractivity contribution < 1.29 is 0 Å². The van der Waals surface area contributed by atoms with Gasteiger partial charge in [0.25, 0.3) is 0 Å². The molecular formula is C12H8ClN3S. The summed E-state index contributed by atoms with van der Waals surface area (Å²) in [6, 6.07) is 5.77. The topological polar surface area (TPSA) is 38.7 Å². The molecule has 0 fully saturated rings. The second-order valence-corrected chi connectivity index (χ2v) is 5.02. The van der Waals surface area contributed by atoms with Crippen molar-refractivity contribution in [1.82, 2.24) is 15.0 Å². The molecular weight excluding hydrogens is 254 g/mol. The molecule has 0 N–H and O–H groups in total. The highest BCUT2D eigenvalue weighted by atomic mass is 35.5. The number of nitrogens with zero attached hydrogens (tertiary/aromatic N) is 3. The van der Waals surface area contributed by atoms with Gasteiger partial charge in [-0.1, -0.05) is 11.6 Å². The first-order valence-corrected chi connectivity index (χ1v) is 6.33. The largest absolute Gasteiger partial charge is 0.255 e. The van der Waals surface area contributed by atoms with Gasteiger partial charge in [0.15, 0.2) is 5.82 Å². The number of aryl methyl sites for hydroxylation is 1. The molecule has 5 heteroatoms. The van der Waals surface area contributed by atoms with E-state index in [4.69, 9.17) is 11.6 Å². The number of halogens is 1. The number of rotatable bonds is 1. The highest BCUT2D eigenvalue weighted by Crippen LogP contribution is 2.24. The molecule has 3 nitrogen and oxygen atoms in total. The lowest BCUT2D eigenvalue weighted by molar-refractivity contribution is 1.11. The molecule has 84 valence electrons. The molecule has 0 aromatic carbocycles. The molecule has 17 heavy (non-hydrogen) atoms. The molecule has 0 bridgehead atoms. The highest BCUT2D eigenvalue weighted by Gasteiger charge is 2.06. The van der Waals surface area contributed by atoms with Crippen molar-refractivity contribution in [3.05, 3.63) is 40.6 Å². The summed E-state index contributed by atoms with van der Waals surface area (Å²) in [5, 5.41) is 2.48. The van der Waals surface area contributed by atoms with Crippen LogP contribution in [-0.2, 0) is 0 Å². The maximum Gasteiger partial charge on any atom is 0.162 e. The van der Waals surface area contributed by atoms with Gasteiger partial charge in [-0.2, -0.15) is 0 Å². The van der Waals surface area contributed by atoms with Crippen LogP contribution in [0.5, 0.6) is 0 Å². The summed E-state index contributed by atoms with van der Waals surface area (Å²) < 4.78 is 1.13. The van der Waals surface area contributed by atoms with Crippen LogP contribution in [0.4, 0.5) is 0 Å². The van der Waals surface area contributed by atoms with E-state index in [9.17, 15) is 0 Å². The van der Waals surface area contributed by atoms with Gasteiger partial charge in [-0.3, -0.25) is 4.98 Å². The van der Waals surface area contributed by atoms with Gasteiger partial charge >= 0.3 is 0 Å². The molecule has 3 aromatic rings. The van der Waals surface area contributed by atoms with Gasteiger partial charge < -0.3 is 0 Å². The van der Waals surface area contributed by atoms with Gasteiger partial charge in [-0.25, -0.2) is 9.97 Å². The van der Waals surface area contributed by atoms with E-state index in [1.165, 1.54) is 0 Å². The second kappa shape index (κ2) is 4.05. The van der Waals surface area contributed by atoms with Gasteiger partial charge in [0.05, 0.1) is 10.2 Å². The van der Waals surface area contributed by atoms with Crippen molar-refractivity contribution >= 4 is 33.2 Å². The zero-order chi connectivity index (χ0) is 11.8. The first-order chi connectivity index (χ1) is 8.22. The van der Waals surface area contributed by atoms with E-state index in [-0.39, 0.29) is 0 Å². The fourth-order valence-corrected chi connectivity index (χ4v) is 2.65. The van der Waals surface area contributed by atoms with Crippen LogP contribution in [0.15, 0.2) is 29.8 Å². The van der Waals surface area contributed by atoms with Gasteiger partial charge in [-0.05, 0) is 30.5 Å². The molecule has 0 atom stereocenters. The van der Waals surface area contributed by atoms with E-state index in [2.05, 4.69) is 15.0 Å². The normalized spacial score (nSPS) is 10.9. The SMILES string of the molecule is Cc1cc(Cl)nc(-c2cnc3ccsc3c2)n1.